The summed E-state index contributed by atoms with van der Waals surface area (Å²) in [6.07, 6.45) is 34.2. The van der Waals surface area contributed by atoms with Gasteiger partial charge >= 0.3 is 17.9 Å². The van der Waals surface area contributed by atoms with Gasteiger partial charge < -0.3 is 23.8 Å². The van der Waals surface area contributed by atoms with Gasteiger partial charge in [0.25, 0.3) is 0 Å². The second-order valence-electron chi connectivity index (χ2n) is 12.1. The molecule has 0 saturated carbocycles. The molecule has 0 aromatic heterocycles. The predicted octanol–water partition coefficient (Wildman–Crippen LogP) is 8.07. The van der Waals surface area contributed by atoms with Crippen LogP contribution in [0.4, 0.5) is 0 Å². The van der Waals surface area contributed by atoms with Gasteiger partial charge in [-0.3, -0.25) is 9.59 Å². The molecule has 0 aromatic rings. The highest BCUT2D eigenvalue weighted by Crippen LogP contribution is 2.11. The van der Waals surface area contributed by atoms with Crippen LogP contribution in [-0.4, -0.2) is 80.6 Å². The molecule has 0 radical (unpaired) electrons. The molecule has 0 aliphatic heterocycles. The van der Waals surface area contributed by atoms with Gasteiger partial charge in [-0.25, -0.2) is 4.79 Å². The molecule has 0 spiro atoms. The van der Waals surface area contributed by atoms with Crippen molar-refractivity contribution in [2.24, 2.45) is 0 Å². The highest BCUT2D eigenvalue weighted by atomic mass is 16.6. The van der Waals surface area contributed by atoms with Gasteiger partial charge in [-0.1, -0.05) is 106 Å². The third-order valence-electron chi connectivity index (χ3n) is 6.95. The number of hydrogen-bond acceptors (Lipinski definition) is 6. The first kappa shape index (κ1) is 42.8. The van der Waals surface area contributed by atoms with E-state index < -0.39 is 24.1 Å². The molecule has 0 bridgehead atoms. The number of likely N-dealkylation sites (N-methyl/N-ethyl adjacent to an activating group) is 1. The molecule has 8 nitrogen and oxygen atoms in total. The summed E-state index contributed by atoms with van der Waals surface area (Å²) < 4.78 is 17.0. The Bertz CT molecular complexity index is 985. The first-order chi connectivity index (χ1) is 22.1. The van der Waals surface area contributed by atoms with Crippen LogP contribution in [0.25, 0.3) is 0 Å². The van der Waals surface area contributed by atoms with Crippen LogP contribution >= 0.6 is 0 Å². The summed E-state index contributed by atoms with van der Waals surface area (Å²) in [6.45, 7) is 4.30. The number of allylic oxidation sites excluding steroid dienone is 11. The Morgan fingerprint density at radius 2 is 1.30 bits per heavy atom. The molecular weight excluding hydrogens is 582 g/mol. The van der Waals surface area contributed by atoms with Gasteiger partial charge in [0.15, 0.2) is 12.1 Å². The molecule has 0 amide bonds. The molecule has 0 aliphatic carbocycles. The summed E-state index contributed by atoms with van der Waals surface area (Å²) in [4.78, 5) is 36.5. The fraction of sp³-hybridized carbons (Fsp3) is 0.605. The van der Waals surface area contributed by atoms with E-state index in [0.717, 1.165) is 64.2 Å². The summed E-state index contributed by atoms with van der Waals surface area (Å²) in [6, 6.07) is -0.630. The van der Waals surface area contributed by atoms with Gasteiger partial charge in [-0.15, -0.1) is 0 Å². The second kappa shape index (κ2) is 29.2. The average Bonchev–Trinajstić information content (AvgIpc) is 3.00. The molecule has 1 N–H and O–H groups in total. The quantitative estimate of drug-likeness (QED) is 0.0302. The van der Waals surface area contributed by atoms with Crippen LogP contribution in [-0.2, 0) is 28.6 Å². The van der Waals surface area contributed by atoms with E-state index in [-0.39, 0.29) is 43.1 Å². The number of unbranched alkanes of at least 4 members (excludes halogenated alkanes) is 5. The van der Waals surface area contributed by atoms with Crippen LogP contribution < -0.4 is 0 Å². The van der Waals surface area contributed by atoms with E-state index in [1.54, 1.807) is 6.08 Å². The average molecular weight is 645 g/mol. The number of carbonyl (C=O) groups excluding carboxylic acids is 2. The van der Waals surface area contributed by atoms with Crippen molar-refractivity contribution in [3.63, 3.8) is 0 Å². The maximum absolute atomic E-state index is 12.6. The van der Waals surface area contributed by atoms with Crippen molar-refractivity contribution in [3.8, 4) is 0 Å². The number of hydrogen-bond donors (Lipinski definition) is 1. The van der Waals surface area contributed by atoms with Crippen LogP contribution in [0.2, 0.25) is 0 Å². The number of esters is 2. The zero-order chi connectivity index (χ0) is 34.3. The predicted molar refractivity (Wildman–Crippen MR) is 187 cm³/mol. The Labute approximate surface area is 279 Å². The number of quaternary nitrogens is 1. The van der Waals surface area contributed by atoms with Gasteiger partial charge in [-0.2, -0.15) is 0 Å². The van der Waals surface area contributed by atoms with Gasteiger partial charge in [0.05, 0.1) is 40.8 Å². The number of carboxylic acid groups (broad SMARTS) is 1. The molecule has 0 rings (SSSR count). The molecule has 0 fully saturated rings. The lowest BCUT2D eigenvalue weighted by Gasteiger charge is -2.31. The minimum Gasteiger partial charge on any atom is -0.477 e. The maximum Gasteiger partial charge on any atom is 0.362 e. The minimum atomic E-state index is -0.894. The number of carboxylic acids is 1. The Morgan fingerprint density at radius 3 is 1.96 bits per heavy atom. The first-order valence-electron chi connectivity index (χ1n) is 17.0. The van der Waals surface area contributed by atoms with Crippen molar-refractivity contribution in [3.05, 3.63) is 72.9 Å². The summed E-state index contributed by atoms with van der Waals surface area (Å²) >= 11 is 0. The zero-order valence-electron chi connectivity index (χ0n) is 29.2. The number of rotatable bonds is 28. The van der Waals surface area contributed by atoms with Crippen molar-refractivity contribution < 1.29 is 38.2 Å². The topological polar surface area (TPSA) is 99.1 Å². The van der Waals surface area contributed by atoms with E-state index in [2.05, 4.69) is 56.4 Å². The third-order valence-corrected chi connectivity index (χ3v) is 6.95. The zero-order valence-corrected chi connectivity index (χ0v) is 29.2. The normalized spacial score (nSPS) is 14.0. The summed E-state index contributed by atoms with van der Waals surface area (Å²) in [5, 5.41) is 9.54. The molecular formula is C38H62NO7+. The standard InChI is InChI=1S/C38H61NO7/c1-6-8-10-12-14-16-17-18-19-21-23-25-27-29-37(41)46-34(32-44-31-30-35(38(42)43)39(3,4)5)33-45-36(40)28-26-24-22-20-15-13-11-9-7-2/h8-12,14-17,20,24,26,34-35H,6-7,13,18-19,21-23,25,27-33H2,1-5H3/p+1/b10-8+,11-9+,14-12+,17-16+,20-15+,26-24+. The monoisotopic (exact) mass is 644 g/mol. The first-order valence-corrected chi connectivity index (χ1v) is 17.0. The molecule has 0 heterocycles. The molecule has 0 aromatic carbocycles. The highest BCUT2D eigenvalue weighted by molar-refractivity contribution is 5.72. The number of aliphatic carboxylic acids is 1. The van der Waals surface area contributed by atoms with E-state index >= 15 is 0 Å². The lowest BCUT2D eigenvalue weighted by Crippen LogP contribution is -2.50. The van der Waals surface area contributed by atoms with Gasteiger partial charge in [0, 0.05) is 12.8 Å². The van der Waals surface area contributed by atoms with Crippen molar-refractivity contribution >= 4 is 17.9 Å². The second-order valence-corrected chi connectivity index (χ2v) is 12.1. The maximum atomic E-state index is 12.6. The summed E-state index contributed by atoms with van der Waals surface area (Å²) in [5.41, 5.74) is 0. The third kappa shape index (κ3) is 27.1. The van der Waals surface area contributed by atoms with Gasteiger partial charge in [-0.05, 0) is 44.9 Å². The van der Waals surface area contributed by atoms with Crippen molar-refractivity contribution in [1.29, 1.82) is 0 Å². The molecule has 46 heavy (non-hydrogen) atoms. The Balaban J connectivity index is 4.62. The van der Waals surface area contributed by atoms with Gasteiger partial charge in [0.2, 0.25) is 0 Å². The SMILES string of the molecule is CC/C=C/C=C/C=C/CCCCCCCC(=O)OC(COCCC(C(=O)O)[N+](C)(C)C)COC(=O)C/C=C/C/C=C/C/C=C/CC. The molecule has 8 heteroatoms. The van der Waals surface area contributed by atoms with E-state index in [4.69, 9.17) is 14.2 Å². The van der Waals surface area contributed by atoms with Crippen molar-refractivity contribution in [1.82, 2.24) is 0 Å². The van der Waals surface area contributed by atoms with E-state index in [0.29, 0.717) is 6.42 Å². The fourth-order valence-corrected chi connectivity index (χ4v) is 4.33. The minimum absolute atomic E-state index is 0.0210. The Hall–Kier alpha value is -3.23. The molecule has 0 aliphatic rings. The van der Waals surface area contributed by atoms with Crippen LogP contribution in [0.5, 0.6) is 0 Å². The number of carbonyl (C=O) groups is 3. The molecule has 0 saturated heterocycles. The highest BCUT2D eigenvalue weighted by Gasteiger charge is 2.31. The summed E-state index contributed by atoms with van der Waals surface area (Å²) in [7, 11) is 5.46. The smallest absolute Gasteiger partial charge is 0.362 e. The largest absolute Gasteiger partial charge is 0.477 e. The van der Waals surface area contributed by atoms with Crippen LogP contribution in [0, 0.1) is 0 Å². The Morgan fingerprint density at radius 1 is 0.696 bits per heavy atom. The van der Waals surface area contributed by atoms with Crippen LogP contribution in [0.3, 0.4) is 0 Å². The Kier molecular flexibility index (Phi) is 27.1. The van der Waals surface area contributed by atoms with E-state index in [9.17, 15) is 19.5 Å². The number of nitrogens with zero attached hydrogens (tertiary/aromatic N) is 1. The number of ether oxygens (including phenoxy) is 3. The molecule has 2 unspecified atom stereocenters. The van der Waals surface area contributed by atoms with E-state index in [1.807, 2.05) is 45.4 Å². The summed E-state index contributed by atoms with van der Waals surface area (Å²) in [5.74, 6) is -1.66. The fourth-order valence-electron chi connectivity index (χ4n) is 4.33. The molecule has 2 atom stereocenters. The van der Waals surface area contributed by atoms with E-state index in [1.165, 1.54) is 0 Å². The van der Waals surface area contributed by atoms with Crippen molar-refractivity contribution in [2.45, 2.75) is 109 Å². The lowest BCUT2D eigenvalue weighted by atomic mass is 10.1. The molecule has 260 valence electrons. The van der Waals surface area contributed by atoms with Crippen LogP contribution in [0.1, 0.15) is 97.3 Å². The van der Waals surface area contributed by atoms with Gasteiger partial charge in [0.1, 0.15) is 6.61 Å². The lowest BCUT2D eigenvalue weighted by molar-refractivity contribution is -0.887. The van der Waals surface area contributed by atoms with Crippen LogP contribution in [0.15, 0.2) is 72.9 Å². The van der Waals surface area contributed by atoms with Crippen molar-refractivity contribution in [2.75, 3.05) is 41.0 Å².